The molecule has 4 rings (SSSR count). The molecule has 5 nitrogen and oxygen atoms in total. The van der Waals surface area contributed by atoms with Crippen LogP contribution in [0.2, 0.25) is 0 Å². The Hall–Kier alpha value is -2.11. The fourth-order valence-corrected chi connectivity index (χ4v) is 3.82. The first-order valence-corrected chi connectivity index (χ1v) is 9.30. The smallest absolute Gasteiger partial charge is 0.226 e. The first-order valence-electron chi connectivity index (χ1n) is 9.30. The van der Waals surface area contributed by atoms with E-state index in [9.17, 15) is 4.79 Å². The third-order valence-electron chi connectivity index (χ3n) is 5.39. The number of nitrogens with zero attached hydrogens (tertiary/aromatic N) is 1. The zero-order chi connectivity index (χ0) is 17.9. The molecule has 0 unspecified atom stereocenters. The molecular weight excluding hydrogens is 330 g/mol. The van der Waals surface area contributed by atoms with Gasteiger partial charge in [0.15, 0.2) is 0 Å². The predicted molar refractivity (Wildman–Crippen MR) is 99.3 cm³/mol. The third kappa shape index (κ3) is 3.55. The van der Waals surface area contributed by atoms with Crippen molar-refractivity contribution in [2.45, 2.75) is 18.9 Å². The fourth-order valence-electron chi connectivity index (χ4n) is 3.82. The van der Waals surface area contributed by atoms with E-state index in [0.29, 0.717) is 32.9 Å². The average Bonchev–Trinajstić information content (AvgIpc) is 2.73. The fraction of sp³-hybridized carbons (Fsp3) is 0.476. The van der Waals surface area contributed by atoms with Gasteiger partial charge in [-0.1, -0.05) is 18.2 Å². The van der Waals surface area contributed by atoms with Crippen molar-refractivity contribution >= 4 is 16.7 Å². The molecule has 138 valence electrons. The van der Waals surface area contributed by atoms with Crippen molar-refractivity contribution in [3.05, 3.63) is 42.0 Å². The lowest BCUT2D eigenvalue weighted by Gasteiger charge is -2.36. The number of carbonyl (C=O) groups is 1. The monoisotopic (exact) mass is 355 g/mol. The van der Waals surface area contributed by atoms with Crippen LogP contribution in [0.15, 0.2) is 36.4 Å². The largest absolute Gasteiger partial charge is 0.497 e. The Balaban J connectivity index is 1.50. The van der Waals surface area contributed by atoms with Gasteiger partial charge in [-0.3, -0.25) is 4.79 Å². The summed E-state index contributed by atoms with van der Waals surface area (Å²) in [5, 5.41) is 2.29. The lowest BCUT2D eigenvalue weighted by atomic mass is 9.97. The Bertz CT molecular complexity index is 785. The van der Waals surface area contributed by atoms with Gasteiger partial charge in [-0.25, -0.2) is 0 Å². The number of amides is 1. The number of hydrogen-bond acceptors (Lipinski definition) is 4. The predicted octanol–water partition coefficient (Wildman–Crippen LogP) is 3.17. The quantitative estimate of drug-likeness (QED) is 0.848. The molecule has 0 spiro atoms. The van der Waals surface area contributed by atoms with Crippen LogP contribution in [0.25, 0.3) is 10.8 Å². The lowest BCUT2D eigenvalue weighted by Crippen LogP contribution is -2.46. The number of methoxy groups -OCH3 is 1. The molecule has 0 radical (unpaired) electrons. The van der Waals surface area contributed by atoms with E-state index in [1.807, 2.05) is 17.0 Å². The minimum atomic E-state index is -0.0703. The van der Waals surface area contributed by atoms with Gasteiger partial charge in [-0.05, 0) is 47.4 Å². The SMILES string of the molecule is COc1ccc2cc([C@@H]3CN(C(=O)C4CCOCC4)CCO3)ccc2c1. The maximum Gasteiger partial charge on any atom is 0.226 e. The molecule has 0 bridgehead atoms. The summed E-state index contributed by atoms with van der Waals surface area (Å²) in [4.78, 5) is 14.8. The number of rotatable bonds is 3. The number of fused-ring (bicyclic) bond motifs is 1. The van der Waals surface area contributed by atoms with Crippen molar-refractivity contribution in [2.24, 2.45) is 5.92 Å². The van der Waals surface area contributed by atoms with Crippen LogP contribution in [0.3, 0.4) is 0 Å². The summed E-state index contributed by atoms with van der Waals surface area (Å²) in [6.07, 6.45) is 1.59. The number of ether oxygens (including phenoxy) is 3. The molecule has 5 heteroatoms. The van der Waals surface area contributed by atoms with Crippen molar-refractivity contribution in [2.75, 3.05) is 40.0 Å². The Morgan fingerprint density at radius 1 is 1.08 bits per heavy atom. The summed E-state index contributed by atoms with van der Waals surface area (Å²) in [6, 6.07) is 12.4. The van der Waals surface area contributed by atoms with Gasteiger partial charge in [0.2, 0.25) is 5.91 Å². The first-order chi connectivity index (χ1) is 12.7. The summed E-state index contributed by atoms with van der Waals surface area (Å²) in [6.45, 7) is 3.27. The van der Waals surface area contributed by atoms with Gasteiger partial charge in [-0.15, -0.1) is 0 Å². The maximum absolute atomic E-state index is 12.8. The zero-order valence-corrected chi connectivity index (χ0v) is 15.1. The summed E-state index contributed by atoms with van der Waals surface area (Å²) in [5.41, 5.74) is 1.12. The van der Waals surface area contributed by atoms with Crippen LogP contribution in [0.5, 0.6) is 5.75 Å². The van der Waals surface area contributed by atoms with Gasteiger partial charge < -0.3 is 19.1 Å². The number of benzene rings is 2. The van der Waals surface area contributed by atoms with Gasteiger partial charge in [0.1, 0.15) is 11.9 Å². The van der Waals surface area contributed by atoms with Crippen LogP contribution in [0, 0.1) is 5.92 Å². The molecule has 2 fully saturated rings. The van der Waals surface area contributed by atoms with E-state index in [4.69, 9.17) is 14.2 Å². The molecule has 0 aliphatic carbocycles. The highest BCUT2D eigenvalue weighted by Gasteiger charge is 2.31. The number of carbonyl (C=O) groups excluding carboxylic acids is 1. The highest BCUT2D eigenvalue weighted by Crippen LogP contribution is 2.29. The molecule has 0 saturated carbocycles. The van der Waals surface area contributed by atoms with E-state index >= 15 is 0 Å². The highest BCUT2D eigenvalue weighted by molar-refractivity contribution is 5.84. The lowest BCUT2D eigenvalue weighted by molar-refractivity contribution is -0.146. The van der Waals surface area contributed by atoms with Gasteiger partial charge in [0.25, 0.3) is 0 Å². The minimum absolute atomic E-state index is 0.0703. The van der Waals surface area contributed by atoms with E-state index in [2.05, 4.69) is 24.3 Å². The summed E-state index contributed by atoms with van der Waals surface area (Å²) in [5.74, 6) is 1.21. The molecule has 2 aromatic rings. The topological polar surface area (TPSA) is 48.0 Å². The molecule has 2 heterocycles. The number of hydrogen-bond donors (Lipinski definition) is 0. The van der Waals surface area contributed by atoms with E-state index < -0.39 is 0 Å². The normalized spacial score (nSPS) is 21.7. The Kier molecular flexibility index (Phi) is 5.09. The van der Waals surface area contributed by atoms with Crippen LogP contribution in [-0.4, -0.2) is 50.8 Å². The third-order valence-corrected chi connectivity index (χ3v) is 5.39. The van der Waals surface area contributed by atoms with Crippen molar-refractivity contribution in [1.29, 1.82) is 0 Å². The standard InChI is InChI=1S/C21H25NO4/c1-24-19-5-4-16-12-18(3-2-17(16)13-19)20-14-22(8-11-26-20)21(23)15-6-9-25-10-7-15/h2-5,12-13,15,20H,6-11,14H2,1H3/t20-/m0/s1. The molecule has 2 aliphatic heterocycles. The molecule has 2 aliphatic rings. The Morgan fingerprint density at radius 2 is 1.85 bits per heavy atom. The minimum Gasteiger partial charge on any atom is -0.497 e. The maximum atomic E-state index is 12.8. The second kappa shape index (κ2) is 7.64. The summed E-state index contributed by atoms with van der Waals surface area (Å²) >= 11 is 0. The average molecular weight is 355 g/mol. The van der Waals surface area contributed by atoms with E-state index in [1.54, 1.807) is 7.11 Å². The summed E-state index contributed by atoms with van der Waals surface area (Å²) < 4.78 is 16.7. The van der Waals surface area contributed by atoms with Crippen LogP contribution in [-0.2, 0) is 14.3 Å². The highest BCUT2D eigenvalue weighted by atomic mass is 16.5. The van der Waals surface area contributed by atoms with Crippen LogP contribution < -0.4 is 4.74 Å². The van der Waals surface area contributed by atoms with Crippen molar-refractivity contribution in [3.63, 3.8) is 0 Å². The molecular formula is C21H25NO4. The Morgan fingerprint density at radius 3 is 2.65 bits per heavy atom. The van der Waals surface area contributed by atoms with Gasteiger partial charge >= 0.3 is 0 Å². The van der Waals surface area contributed by atoms with Gasteiger partial charge in [0.05, 0.1) is 20.3 Å². The first kappa shape index (κ1) is 17.3. The van der Waals surface area contributed by atoms with E-state index in [-0.39, 0.29) is 17.9 Å². The molecule has 1 atom stereocenters. The van der Waals surface area contributed by atoms with Crippen LogP contribution >= 0.6 is 0 Å². The van der Waals surface area contributed by atoms with Crippen LogP contribution in [0.1, 0.15) is 24.5 Å². The second-order valence-electron chi connectivity index (χ2n) is 7.00. The van der Waals surface area contributed by atoms with Gasteiger partial charge in [0, 0.05) is 25.7 Å². The summed E-state index contributed by atoms with van der Waals surface area (Å²) in [7, 11) is 1.68. The van der Waals surface area contributed by atoms with Crippen molar-refractivity contribution in [1.82, 2.24) is 4.90 Å². The van der Waals surface area contributed by atoms with Crippen LogP contribution in [0.4, 0.5) is 0 Å². The van der Waals surface area contributed by atoms with E-state index in [1.165, 1.54) is 0 Å². The van der Waals surface area contributed by atoms with Crippen molar-refractivity contribution in [3.8, 4) is 5.75 Å². The number of morpholine rings is 1. The molecule has 2 saturated heterocycles. The van der Waals surface area contributed by atoms with E-state index in [0.717, 1.165) is 34.9 Å². The molecule has 1 amide bonds. The molecule has 26 heavy (non-hydrogen) atoms. The van der Waals surface area contributed by atoms with Crippen molar-refractivity contribution < 1.29 is 19.0 Å². The Labute approximate surface area is 153 Å². The molecule has 0 N–H and O–H groups in total. The molecule has 0 aromatic heterocycles. The zero-order valence-electron chi connectivity index (χ0n) is 15.1. The second-order valence-corrected chi connectivity index (χ2v) is 7.00. The molecule has 2 aromatic carbocycles. The van der Waals surface area contributed by atoms with Gasteiger partial charge in [-0.2, -0.15) is 0 Å².